The van der Waals surface area contributed by atoms with Crippen molar-refractivity contribution in [2.45, 2.75) is 41.5 Å². The maximum Gasteiger partial charge on any atom is 0.241 e. The quantitative estimate of drug-likeness (QED) is 0.130. The molecule has 0 fully saturated rings. The van der Waals surface area contributed by atoms with Crippen molar-refractivity contribution in [3.8, 4) is 67.8 Å². The van der Waals surface area contributed by atoms with Crippen LogP contribution >= 0.6 is 0 Å². The normalized spacial score (nSPS) is 11.7. The Kier molecular flexibility index (Phi) is 10.7. The van der Waals surface area contributed by atoms with Crippen LogP contribution in [0.25, 0.3) is 44.8 Å². The van der Waals surface area contributed by atoms with Crippen LogP contribution < -0.4 is 25.9 Å². The number of pyridine rings is 2. The fourth-order valence-corrected chi connectivity index (χ4v) is 8.10. The van der Waals surface area contributed by atoms with Crippen LogP contribution in [0.1, 0.15) is 33.4 Å². The van der Waals surface area contributed by atoms with E-state index in [0.29, 0.717) is 0 Å². The summed E-state index contributed by atoms with van der Waals surface area (Å²) in [5.41, 5.74) is 19.3. The van der Waals surface area contributed by atoms with Crippen LogP contribution in [0.5, 0.6) is 23.0 Å². The number of aryl methyl sites for hydroxylation is 6. The van der Waals surface area contributed by atoms with Crippen LogP contribution in [-0.4, -0.2) is 16.7 Å². The summed E-state index contributed by atoms with van der Waals surface area (Å²) >= 11 is 0. The first-order valence-electron chi connectivity index (χ1n) is 19.4. The summed E-state index contributed by atoms with van der Waals surface area (Å²) in [6.07, 6.45) is 3.90. The Labute approximate surface area is 355 Å². The molecule has 285 valence electrons. The monoisotopic (exact) mass is 929 g/mol. The van der Waals surface area contributed by atoms with Crippen molar-refractivity contribution in [1.82, 2.24) is 9.97 Å². The molecule has 0 N–H and O–H groups in total. The number of hydrogen-bond donors (Lipinski definition) is 0. The standard InChI is InChI=1S/C32H23BNO2.C20H18N.Ir/c1-19-14-15-22(20(2)16-19)24-17-27(34-18-21(24)3)23-8-6-10-26-32(23)36-30-13-7-12-29-31(30)33(26)25-9-4-5-11-28(25)35-29;1-14-8-10-17(11-9-14)20-12-19(16(3)13-21-20)18-7-5-4-6-15(18)2;/h4-7,9-18H,1-3H3;4-10,12-13H,1-3H3;/q2*-1;. The average Bonchev–Trinajstić information content (AvgIpc) is 3.22. The Morgan fingerprint density at radius 1 is 0.500 bits per heavy atom. The first-order valence-corrected chi connectivity index (χ1v) is 19.4. The van der Waals surface area contributed by atoms with E-state index in [1.807, 2.05) is 54.9 Å². The van der Waals surface area contributed by atoms with Gasteiger partial charge in [-0.05, 0) is 114 Å². The summed E-state index contributed by atoms with van der Waals surface area (Å²) in [6.45, 7) is 12.8. The predicted octanol–water partition coefficient (Wildman–Crippen LogP) is 11.0. The van der Waals surface area contributed by atoms with Crippen LogP contribution in [0.3, 0.4) is 0 Å². The van der Waals surface area contributed by atoms with Gasteiger partial charge in [0.1, 0.15) is 17.2 Å². The smallest absolute Gasteiger partial charge is 0.241 e. The Hall–Kier alpha value is -6.07. The van der Waals surface area contributed by atoms with E-state index >= 15 is 0 Å². The zero-order chi connectivity index (χ0) is 39.2. The van der Waals surface area contributed by atoms with E-state index in [9.17, 15) is 0 Å². The molecule has 6 heteroatoms. The molecule has 2 aliphatic heterocycles. The van der Waals surface area contributed by atoms with Gasteiger partial charge in [0.15, 0.2) is 0 Å². The molecule has 0 unspecified atom stereocenters. The third-order valence-electron chi connectivity index (χ3n) is 11.1. The molecule has 0 bridgehead atoms. The van der Waals surface area contributed by atoms with Crippen molar-refractivity contribution in [3.05, 3.63) is 185 Å². The maximum absolute atomic E-state index is 6.59. The van der Waals surface area contributed by atoms with Gasteiger partial charge in [-0.1, -0.05) is 96.9 Å². The van der Waals surface area contributed by atoms with Crippen molar-refractivity contribution in [2.75, 3.05) is 0 Å². The molecule has 0 saturated carbocycles. The number of para-hydroxylation sites is 1. The summed E-state index contributed by atoms with van der Waals surface area (Å²) in [5.74, 6) is 3.37. The molecule has 2 aliphatic rings. The second-order valence-electron chi connectivity index (χ2n) is 15.2. The molecule has 0 atom stereocenters. The zero-order valence-electron chi connectivity index (χ0n) is 33.4. The van der Waals surface area contributed by atoms with Gasteiger partial charge in [0, 0.05) is 43.7 Å². The second kappa shape index (κ2) is 16.1. The molecule has 0 saturated heterocycles. The van der Waals surface area contributed by atoms with Crippen LogP contribution in [0, 0.1) is 53.7 Å². The van der Waals surface area contributed by atoms with E-state index in [2.05, 4.69) is 144 Å². The molecule has 58 heavy (non-hydrogen) atoms. The molecule has 2 aromatic heterocycles. The van der Waals surface area contributed by atoms with Crippen molar-refractivity contribution < 1.29 is 29.6 Å². The number of fused-ring (bicyclic) bond motifs is 4. The molecule has 0 aliphatic carbocycles. The van der Waals surface area contributed by atoms with E-state index in [1.165, 1.54) is 50.1 Å². The maximum atomic E-state index is 6.59. The zero-order valence-corrected chi connectivity index (χ0v) is 35.8. The van der Waals surface area contributed by atoms with Crippen molar-refractivity contribution in [1.29, 1.82) is 0 Å². The molecule has 8 aromatic rings. The fraction of sp³-hybridized carbons (Fsp3) is 0.115. The van der Waals surface area contributed by atoms with Gasteiger partial charge < -0.3 is 19.4 Å². The summed E-state index contributed by atoms with van der Waals surface area (Å²) in [6, 6.07) is 50.7. The molecule has 6 aromatic carbocycles. The minimum atomic E-state index is 0. The molecule has 10 rings (SSSR count). The Balaban J connectivity index is 0.000000183. The summed E-state index contributed by atoms with van der Waals surface area (Å²) in [7, 11) is 0. The van der Waals surface area contributed by atoms with Gasteiger partial charge in [-0.2, -0.15) is 0 Å². The van der Waals surface area contributed by atoms with E-state index in [4.69, 9.17) is 14.5 Å². The van der Waals surface area contributed by atoms with E-state index in [0.717, 1.165) is 67.5 Å². The average molecular weight is 929 g/mol. The number of aromatic nitrogens is 2. The van der Waals surface area contributed by atoms with Crippen molar-refractivity contribution in [3.63, 3.8) is 0 Å². The SMILES string of the molecule is Cc1c[c-]c(-c2cc(-c3ccccc3C)c(C)cn2)cc1.Cc1ccc(-c2cc(-c3[c-]ccc4c3Oc3cccc5c3B4c3ccccc3O5)ncc2C)c(C)c1.[Ir]. The number of rotatable bonds is 4. The molecular weight excluding hydrogens is 888 g/mol. The van der Waals surface area contributed by atoms with Crippen LogP contribution in [-0.2, 0) is 20.1 Å². The van der Waals surface area contributed by atoms with E-state index in [-0.39, 0.29) is 26.8 Å². The number of benzene rings is 6. The van der Waals surface area contributed by atoms with Gasteiger partial charge in [-0.3, -0.25) is 0 Å². The van der Waals surface area contributed by atoms with Gasteiger partial charge in [0.25, 0.3) is 0 Å². The summed E-state index contributed by atoms with van der Waals surface area (Å²) in [4.78, 5) is 9.40. The third kappa shape index (κ3) is 7.19. The van der Waals surface area contributed by atoms with Crippen LogP contribution in [0.4, 0.5) is 0 Å². The first-order chi connectivity index (χ1) is 27.7. The minimum absolute atomic E-state index is 0. The molecule has 0 spiro atoms. The Morgan fingerprint density at radius 2 is 1.16 bits per heavy atom. The van der Waals surface area contributed by atoms with Crippen molar-refractivity contribution in [2.24, 2.45) is 0 Å². The van der Waals surface area contributed by atoms with Gasteiger partial charge in [-0.15, -0.1) is 59.1 Å². The van der Waals surface area contributed by atoms with Gasteiger partial charge in [0.05, 0.1) is 0 Å². The third-order valence-corrected chi connectivity index (χ3v) is 11.1. The summed E-state index contributed by atoms with van der Waals surface area (Å²) in [5, 5.41) is 0. The molecule has 0 amide bonds. The molecule has 4 heterocycles. The predicted molar refractivity (Wildman–Crippen MR) is 234 cm³/mol. The van der Waals surface area contributed by atoms with Gasteiger partial charge in [-0.25, -0.2) is 0 Å². The molecular formula is C52H41BIrN2O2-2. The fourth-order valence-electron chi connectivity index (χ4n) is 8.10. The number of hydrogen-bond acceptors (Lipinski definition) is 4. The first kappa shape index (κ1) is 38.8. The largest absolute Gasteiger partial charge is 0.503 e. The van der Waals surface area contributed by atoms with Crippen LogP contribution in [0.2, 0.25) is 0 Å². The molecule has 4 nitrogen and oxygen atoms in total. The molecule has 1 radical (unpaired) electrons. The topological polar surface area (TPSA) is 44.2 Å². The van der Waals surface area contributed by atoms with Gasteiger partial charge >= 0.3 is 0 Å². The van der Waals surface area contributed by atoms with Crippen molar-refractivity contribution >= 4 is 23.1 Å². The number of ether oxygens (including phenoxy) is 2. The number of nitrogens with zero attached hydrogens (tertiary/aromatic N) is 2. The van der Waals surface area contributed by atoms with E-state index in [1.54, 1.807) is 0 Å². The Bertz CT molecular complexity index is 2830. The minimum Gasteiger partial charge on any atom is -0.503 e. The van der Waals surface area contributed by atoms with Gasteiger partial charge in [0.2, 0.25) is 6.71 Å². The second-order valence-corrected chi connectivity index (χ2v) is 15.2. The van der Waals surface area contributed by atoms with Crippen LogP contribution in [0.15, 0.2) is 140 Å². The summed E-state index contributed by atoms with van der Waals surface area (Å²) < 4.78 is 12.8. The Morgan fingerprint density at radius 3 is 1.90 bits per heavy atom. The van der Waals surface area contributed by atoms with E-state index < -0.39 is 0 Å².